The average Bonchev–Trinajstić information content (AvgIpc) is 2.65. The number of hydrogen-bond donors (Lipinski definition) is 1. The Labute approximate surface area is 155 Å². The minimum atomic E-state index is 0.0193. The molecule has 0 bridgehead atoms. The van der Waals surface area contributed by atoms with Crippen molar-refractivity contribution in [2.24, 2.45) is 0 Å². The Morgan fingerprint density at radius 1 is 0.962 bits per heavy atom. The van der Waals surface area contributed by atoms with Gasteiger partial charge in [-0.25, -0.2) is 0 Å². The standard InChI is InChI=1S/C21H27NO4/c1-16(2)26-20-8-6-17(7-9-20)15-22-21(23)5-4-14-25-19-12-10-18(24-3)11-13-19/h6-13,16H,4-5,14-15H2,1-3H3,(H,22,23). The smallest absolute Gasteiger partial charge is 0.220 e. The molecule has 0 fully saturated rings. The molecule has 5 nitrogen and oxygen atoms in total. The van der Waals surface area contributed by atoms with Crippen LogP contribution in [0.25, 0.3) is 0 Å². The monoisotopic (exact) mass is 357 g/mol. The predicted octanol–water partition coefficient (Wildman–Crippen LogP) is 3.96. The molecule has 0 heterocycles. The molecular weight excluding hydrogens is 330 g/mol. The molecule has 0 radical (unpaired) electrons. The predicted molar refractivity (Wildman–Crippen MR) is 102 cm³/mol. The molecule has 2 aromatic rings. The van der Waals surface area contributed by atoms with Crippen molar-refractivity contribution in [2.75, 3.05) is 13.7 Å². The number of hydrogen-bond acceptors (Lipinski definition) is 4. The Kier molecular flexibility index (Phi) is 7.80. The lowest BCUT2D eigenvalue weighted by Crippen LogP contribution is -2.22. The van der Waals surface area contributed by atoms with Gasteiger partial charge in [0.05, 0.1) is 19.8 Å². The van der Waals surface area contributed by atoms with Crippen LogP contribution in [0.1, 0.15) is 32.3 Å². The molecule has 0 saturated heterocycles. The first-order valence-corrected chi connectivity index (χ1v) is 8.86. The molecule has 2 rings (SSSR count). The second-order valence-corrected chi connectivity index (χ2v) is 6.21. The van der Waals surface area contributed by atoms with Crippen molar-refractivity contribution in [2.45, 2.75) is 39.3 Å². The van der Waals surface area contributed by atoms with Crippen LogP contribution in [0.15, 0.2) is 48.5 Å². The summed E-state index contributed by atoms with van der Waals surface area (Å²) in [5.41, 5.74) is 1.05. The fourth-order valence-electron chi connectivity index (χ4n) is 2.34. The molecule has 2 aromatic carbocycles. The van der Waals surface area contributed by atoms with E-state index in [2.05, 4.69) is 5.32 Å². The second-order valence-electron chi connectivity index (χ2n) is 6.21. The summed E-state index contributed by atoms with van der Waals surface area (Å²) in [5, 5.41) is 2.92. The molecular formula is C21H27NO4. The normalized spacial score (nSPS) is 10.5. The van der Waals surface area contributed by atoms with Gasteiger partial charge in [-0.2, -0.15) is 0 Å². The molecule has 0 saturated carbocycles. The minimum absolute atomic E-state index is 0.0193. The van der Waals surface area contributed by atoms with Crippen LogP contribution in [-0.4, -0.2) is 25.7 Å². The maximum absolute atomic E-state index is 11.9. The number of ether oxygens (including phenoxy) is 3. The highest BCUT2D eigenvalue weighted by atomic mass is 16.5. The quantitative estimate of drug-likeness (QED) is 0.654. The molecule has 1 N–H and O–H groups in total. The molecule has 1 amide bonds. The maximum atomic E-state index is 11.9. The van der Waals surface area contributed by atoms with E-state index >= 15 is 0 Å². The van der Waals surface area contributed by atoms with E-state index in [9.17, 15) is 4.79 Å². The van der Waals surface area contributed by atoms with Gasteiger partial charge in [0.25, 0.3) is 0 Å². The van der Waals surface area contributed by atoms with Gasteiger partial charge in [0.2, 0.25) is 5.91 Å². The Bertz CT molecular complexity index is 665. The lowest BCUT2D eigenvalue weighted by atomic mass is 10.2. The largest absolute Gasteiger partial charge is 0.497 e. The third kappa shape index (κ3) is 7.05. The molecule has 0 aliphatic carbocycles. The zero-order valence-corrected chi connectivity index (χ0v) is 15.7. The van der Waals surface area contributed by atoms with E-state index in [1.807, 2.05) is 62.4 Å². The molecule has 0 unspecified atom stereocenters. The summed E-state index contributed by atoms with van der Waals surface area (Å²) in [5.74, 6) is 2.42. The lowest BCUT2D eigenvalue weighted by molar-refractivity contribution is -0.121. The average molecular weight is 357 g/mol. The van der Waals surface area contributed by atoms with Crippen molar-refractivity contribution in [3.8, 4) is 17.2 Å². The maximum Gasteiger partial charge on any atom is 0.220 e. The highest BCUT2D eigenvalue weighted by Crippen LogP contribution is 2.17. The van der Waals surface area contributed by atoms with Crippen molar-refractivity contribution >= 4 is 5.91 Å². The topological polar surface area (TPSA) is 56.8 Å². The van der Waals surface area contributed by atoms with Gasteiger partial charge in [-0.3, -0.25) is 4.79 Å². The summed E-state index contributed by atoms with van der Waals surface area (Å²) in [4.78, 5) is 11.9. The minimum Gasteiger partial charge on any atom is -0.497 e. The number of amides is 1. The summed E-state index contributed by atoms with van der Waals surface area (Å²) < 4.78 is 16.3. The third-order valence-electron chi connectivity index (χ3n) is 3.66. The van der Waals surface area contributed by atoms with Crippen LogP contribution in [0.2, 0.25) is 0 Å². The zero-order chi connectivity index (χ0) is 18.8. The molecule has 0 aliphatic heterocycles. The molecule has 0 spiro atoms. The molecule has 0 atom stereocenters. The Morgan fingerprint density at radius 3 is 2.19 bits per heavy atom. The molecule has 0 aromatic heterocycles. The van der Waals surface area contributed by atoms with Gasteiger partial charge in [0, 0.05) is 13.0 Å². The molecule has 140 valence electrons. The fraction of sp³-hybridized carbons (Fsp3) is 0.381. The number of rotatable bonds is 10. The van der Waals surface area contributed by atoms with Crippen molar-refractivity contribution in [3.63, 3.8) is 0 Å². The van der Waals surface area contributed by atoms with Gasteiger partial charge in [-0.05, 0) is 62.2 Å². The molecule has 5 heteroatoms. The van der Waals surface area contributed by atoms with Gasteiger partial charge < -0.3 is 19.5 Å². The van der Waals surface area contributed by atoms with Gasteiger partial charge in [0.15, 0.2) is 0 Å². The van der Waals surface area contributed by atoms with Crippen LogP contribution in [0.3, 0.4) is 0 Å². The van der Waals surface area contributed by atoms with Crippen LogP contribution in [0.4, 0.5) is 0 Å². The third-order valence-corrected chi connectivity index (χ3v) is 3.66. The van der Waals surface area contributed by atoms with Crippen molar-refractivity contribution in [1.29, 1.82) is 0 Å². The first-order valence-electron chi connectivity index (χ1n) is 8.86. The Balaban J connectivity index is 1.62. The van der Waals surface area contributed by atoms with Gasteiger partial charge in [-0.1, -0.05) is 12.1 Å². The fourth-order valence-corrected chi connectivity index (χ4v) is 2.34. The van der Waals surface area contributed by atoms with E-state index in [0.29, 0.717) is 26.0 Å². The SMILES string of the molecule is COc1ccc(OCCCC(=O)NCc2ccc(OC(C)C)cc2)cc1. The van der Waals surface area contributed by atoms with Gasteiger partial charge >= 0.3 is 0 Å². The van der Waals surface area contributed by atoms with E-state index in [0.717, 1.165) is 22.8 Å². The van der Waals surface area contributed by atoms with E-state index in [1.54, 1.807) is 7.11 Å². The highest BCUT2D eigenvalue weighted by molar-refractivity contribution is 5.75. The lowest BCUT2D eigenvalue weighted by Gasteiger charge is -2.10. The summed E-state index contributed by atoms with van der Waals surface area (Å²) >= 11 is 0. The van der Waals surface area contributed by atoms with Crippen LogP contribution in [0.5, 0.6) is 17.2 Å². The summed E-state index contributed by atoms with van der Waals surface area (Å²) in [7, 11) is 1.63. The number of methoxy groups -OCH3 is 1. The van der Waals surface area contributed by atoms with Crippen molar-refractivity contribution in [3.05, 3.63) is 54.1 Å². The molecule has 26 heavy (non-hydrogen) atoms. The van der Waals surface area contributed by atoms with Crippen LogP contribution in [0, 0.1) is 0 Å². The van der Waals surface area contributed by atoms with Crippen LogP contribution < -0.4 is 19.5 Å². The first kappa shape index (κ1) is 19.6. The second kappa shape index (κ2) is 10.3. The van der Waals surface area contributed by atoms with Gasteiger partial charge in [-0.15, -0.1) is 0 Å². The number of carbonyl (C=O) groups excluding carboxylic acids is 1. The summed E-state index contributed by atoms with van der Waals surface area (Å²) in [6, 6.07) is 15.2. The summed E-state index contributed by atoms with van der Waals surface area (Å²) in [6.45, 7) is 5.00. The van der Waals surface area contributed by atoms with E-state index in [-0.39, 0.29) is 12.0 Å². The number of benzene rings is 2. The van der Waals surface area contributed by atoms with Crippen molar-refractivity contribution < 1.29 is 19.0 Å². The van der Waals surface area contributed by atoms with Gasteiger partial charge in [0.1, 0.15) is 17.2 Å². The summed E-state index contributed by atoms with van der Waals surface area (Å²) in [6.07, 6.45) is 1.25. The Morgan fingerprint density at radius 2 is 1.58 bits per heavy atom. The number of nitrogens with one attached hydrogen (secondary N) is 1. The van der Waals surface area contributed by atoms with Crippen LogP contribution >= 0.6 is 0 Å². The Hall–Kier alpha value is -2.69. The van der Waals surface area contributed by atoms with E-state index < -0.39 is 0 Å². The van der Waals surface area contributed by atoms with Crippen molar-refractivity contribution in [1.82, 2.24) is 5.32 Å². The first-order chi connectivity index (χ1) is 12.6. The van der Waals surface area contributed by atoms with E-state index in [1.165, 1.54) is 0 Å². The van der Waals surface area contributed by atoms with E-state index in [4.69, 9.17) is 14.2 Å². The zero-order valence-electron chi connectivity index (χ0n) is 15.7. The number of carbonyl (C=O) groups is 1. The molecule has 0 aliphatic rings. The van der Waals surface area contributed by atoms with Crippen LogP contribution in [-0.2, 0) is 11.3 Å². The highest BCUT2D eigenvalue weighted by Gasteiger charge is 2.03.